The molecule has 1 aromatic heterocycles. The highest BCUT2D eigenvalue weighted by molar-refractivity contribution is 7.92. The van der Waals surface area contributed by atoms with E-state index in [-0.39, 0.29) is 4.90 Å². The molecular weight excluding hydrogens is 276 g/mol. The summed E-state index contributed by atoms with van der Waals surface area (Å²) in [5, 5.41) is 7.06. The minimum Gasteiger partial charge on any atom is -0.384 e. The number of para-hydroxylation sites is 1. The number of rotatable bonds is 6. The van der Waals surface area contributed by atoms with Crippen LogP contribution in [0.4, 0.5) is 11.4 Å². The normalized spacial score (nSPS) is 11.3. The molecule has 0 radical (unpaired) electrons. The summed E-state index contributed by atoms with van der Waals surface area (Å²) in [4.78, 5) is 0.234. The van der Waals surface area contributed by atoms with E-state index < -0.39 is 10.0 Å². The van der Waals surface area contributed by atoms with Crippen LogP contribution in [0.3, 0.4) is 0 Å². The summed E-state index contributed by atoms with van der Waals surface area (Å²) < 4.78 is 28.9. The molecule has 0 unspecified atom stereocenters. The lowest BCUT2D eigenvalue weighted by molar-refractivity contribution is 0.601. The number of nitrogens with one attached hydrogen (secondary N) is 2. The van der Waals surface area contributed by atoms with Crippen LogP contribution in [-0.2, 0) is 17.1 Å². The molecule has 6 nitrogen and oxygen atoms in total. The van der Waals surface area contributed by atoms with Crippen molar-refractivity contribution in [1.29, 1.82) is 0 Å². The van der Waals surface area contributed by atoms with Crippen LogP contribution in [0, 0.1) is 0 Å². The van der Waals surface area contributed by atoms with Gasteiger partial charge in [-0.2, -0.15) is 5.10 Å². The fourth-order valence-corrected chi connectivity index (χ4v) is 3.00. The smallest absolute Gasteiger partial charge is 0.264 e. The van der Waals surface area contributed by atoms with Crippen LogP contribution in [0.5, 0.6) is 0 Å². The predicted octanol–water partition coefficient (Wildman–Crippen LogP) is 2.04. The molecule has 2 rings (SSSR count). The average Bonchev–Trinajstić information content (AvgIpc) is 2.81. The summed E-state index contributed by atoms with van der Waals surface area (Å²) in [6.45, 7) is 2.75. The molecule has 1 heterocycles. The van der Waals surface area contributed by atoms with E-state index in [9.17, 15) is 8.42 Å². The van der Waals surface area contributed by atoms with Gasteiger partial charge < -0.3 is 5.32 Å². The maximum atomic E-state index is 12.4. The maximum absolute atomic E-state index is 12.4. The molecule has 0 aliphatic rings. The largest absolute Gasteiger partial charge is 0.384 e. The highest BCUT2D eigenvalue weighted by Gasteiger charge is 2.18. The molecule has 0 saturated carbocycles. The minimum atomic E-state index is -3.63. The molecule has 0 aliphatic carbocycles. The van der Waals surface area contributed by atoms with Gasteiger partial charge in [-0.05, 0) is 18.6 Å². The molecule has 0 atom stereocenters. The molecule has 7 heteroatoms. The highest BCUT2D eigenvalue weighted by atomic mass is 32.2. The Balaban J connectivity index is 2.29. The van der Waals surface area contributed by atoms with Gasteiger partial charge in [-0.15, -0.1) is 0 Å². The van der Waals surface area contributed by atoms with Crippen molar-refractivity contribution in [2.45, 2.75) is 18.2 Å². The van der Waals surface area contributed by atoms with E-state index in [0.717, 1.165) is 13.0 Å². The molecule has 108 valence electrons. The van der Waals surface area contributed by atoms with Crippen molar-refractivity contribution in [1.82, 2.24) is 9.78 Å². The van der Waals surface area contributed by atoms with E-state index in [0.29, 0.717) is 11.4 Å². The molecule has 20 heavy (non-hydrogen) atoms. The van der Waals surface area contributed by atoms with Crippen LogP contribution in [-0.4, -0.2) is 24.7 Å². The highest BCUT2D eigenvalue weighted by Crippen LogP contribution is 2.23. The lowest BCUT2D eigenvalue weighted by Crippen LogP contribution is -2.15. The van der Waals surface area contributed by atoms with Gasteiger partial charge in [0.25, 0.3) is 10.0 Å². The summed E-state index contributed by atoms with van der Waals surface area (Å²) in [5.41, 5.74) is 1.04. The molecule has 0 saturated heterocycles. The van der Waals surface area contributed by atoms with Crippen molar-refractivity contribution < 1.29 is 8.42 Å². The molecule has 0 fully saturated rings. The number of nitrogens with zero attached hydrogens (tertiary/aromatic N) is 2. The van der Waals surface area contributed by atoms with Crippen LogP contribution in [0.15, 0.2) is 41.6 Å². The Morgan fingerprint density at radius 1 is 1.30 bits per heavy atom. The quantitative estimate of drug-likeness (QED) is 0.855. The van der Waals surface area contributed by atoms with Crippen LogP contribution in [0.1, 0.15) is 13.3 Å². The van der Waals surface area contributed by atoms with Crippen molar-refractivity contribution in [3.05, 3.63) is 36.7 Å². The van der Waals surface area contributed by atoms with Gasteiger partial charge in [-0.25, -0.2) is 8.42 Å². The van der Waals surface area contributed by atoms with E-state index >= 15 is 0 Å². The fourth-order valence-electron chi connectivity index (χ4n) is 1.79. The van der Waals surface area contributed by atoms with Crippen molar-refractivity contribution in [2.75, 3.05) is 16.6 Å². The summed E-state index contributed by atoms with van der Waals surface area (Å²) in [5.74, 6) is 0. The number of anilines is 2. The molecule has 1 aromatic carbocycles. The van der Waals surface area contributed by atoms with Crippen LogP contribution in [0.2, 0.25) is 0 Å². The third-order valence-corrected chi connectivity index (χ3v) is 4.14. The number of hydrogen-bond acceptors (Lipinski definition) is 4. The van der Waals surface area contributed by atoms with E-state index in [2.05, 4.69) is 15.1 Å². The number of aromatic nitrogens is 2. The van der Waals surface area contributed by atoms with Crippen LogP contribution < -0.4 is 10.0 Å². The second kappa shape index (κ2) is 5.96. The Morgan fingerprint density at radius 3 is 2.70 bits per heavy atom. The van der Waals surface area contributed by atoms with E-state index in [4.69, 9.17) is 0 Å². The van der Waals surface area contributed by atoms with Gasteiger partial charge in [0.2, 0.25) is 0 Å². The number of benzene rings is 1. The number of sulfonamides is 1. The predicted molar refractivity (Wildman–Crippen MR) is 79.2 cm³/mol. The fraction of sp³-hybridized carbons (Fsp3) is 0.308. The monoisotopic (exact) mass is 294 g/mol. The van der Waals surface area contributed by atoms with Gasteiger partial charge in [0.05, 0.1) is 17.6 Å². The second-order valence-corrected chi connectivity index (χ2v) is 6.08. The van der Waals surface area contributed by atoms with Crippen LogP contribution in [0.25, 0.3) is 0 Å². The van der Waals surface area contributed by atoms with Crippen molar-refractivity contribution in [2.24, 2.45) is 7.05 Å². The molecule has 0 amide bonds. The Bertz CT molecular complexity index is 679. The van der Waals surface area contributed by atoms with Gasteiger partial charge in [-0.3, -0.25) is 9.40 Å². The molecule has 0 bridgehead atoms. The molecule has 2 N–H and O–H groups in total. The maximum Gasteiger partial charge on any atom is 0.264 e. The zero-order chi connectivity index (χ0) is 14.6. The van der Waals surface area contributed by atoms with E-state index in [1.807, 2.05) is 6.92 Å². The first-order valence-corrected chi connectivity index (χ1v) is 7.85. The Labute approximate surface area is 118 Å². The van der Waals surface area contributed by atoms with Gasteiger partial charge in [0.1, 0.15) is 4.90 Å². The first-order chi connectivity index (χ1) is 9.53. The van der Waals surface area contributed by atoms with Crippen molar-refractivity contribution in [3.8, 4) is 0 Å². The van der Waals surface area contributed by atoms with Gasteiger partial charge in [-0.1, -0.05) is 19.1 Å². The molecule has 0 spiro atoms. The number of aryl methyl sites for hydroxylation is 1. The Morgan fingerprint density at radius 2 is 2.05 bits per heavy atom. The van der Waals surface area contributed by atoms with Gasteiger partial charge in [0.15, 0.2) is 0 Å². The summed E-state index contributed by atoms with van der Waals surface area (Å²) in [7, 11) is -1.90. The molecular formula is C13H18N4O2S. The van der Waals surface area contributed by atoms with E-state index in [1.54, 1.807) is 42.2 Å². The van der Waals surface area contributed by atoms with Gasteiger partial charge >= 0.3 is 0 Å². The Kier molecular flexibility index (Phi) is 4.29. The first-order valence-electron chi connectivity index (χ1n) is 6.37. The number of hydrogen-bond donors (Lipinski definition) is 2. The summed E-state index contributed by atoms with van der Waals surface area (Å²) >= 11 is 0. The third kappa shape index (κ3) is 3.30. The Hall–Kier alpha value is -2.02. The topological polar surface area (TPSA) is 76.0 Å². The standard InChI is InChI=1S/C13H18N4O2S/c1-3-8-14-12-6-4-5-7-13(12)20(18,19)16-11-9-15-17(2)10-11/h4-7,9-10,14,16H,3,8H2,1-2H3. The van der Waals surface area contributed by atoms with Gasteiger partial charge in [0, 0.05) is 19.8 Å². The van der Waals surface area contributed by atoms with Crippen molar-refractivity contribution >= 4 is 21.4 Å². The minimum absolute atomic E-state index is 0.234. The summed E-state index contributed by atoms with van der Waals surface area (Å²) in [6.07, 6.45) is 4.00. The van der Waals surface area contributed by atoms with E-state index in [1.165, 1.54) is 6.20 Å². The van der Waals surface area contributed by atoms with Crippen molar-refractivity contribution in [3.63, 3.8) is 0 Å². The van der Waals surface area contributed by atoms with Crippen LogP contribution >= 0.6 is 0 Å². The molecule has 2 aromatic rings. The lowest BCUT2D eigenvalue weighted by atomic mass is 10.3. The zero-order valence-electron chi connectivity index (χ0n) is 11.5. The SMILES string of the molecule is CCCNc1ccccc1S(=O)(=O)Nc1cnn(C)c1. The summed E-state index contributed by atoms with van der Waals surface area (Å²) in [6, 6.07) is 6.85. The average molecular weight is 294 g/mol. The second-order valence-electron chi connectivity index (χ2n) is 4.43. The third-order valence-electron chi connectivity index (χ3n) is 2.70. The molecule has 0 aliphatic heterocycles. The zero-order valence-corrected chi connectivity index (χ0v) is 12.3. The lowest BCUT2D eigenvalue weighted by Gasteiger charge is -2.12. The first kappa shape index (κ1) is 14.4.